The van der Waals surface area contributed by atoms with Gasteiger partial charge in [0.25, 0.3) is 0 Å². The molecule has 2 unspecified atom stereocenters. The Morgan fingerprint density at radius 3 is 2.71 bits per heavy atom. The number of hydrogen-bond donors (Lipinski definition) is 1. The number of aromatic amines is 1. The van der Waals surface area contributed by atoms with E-state index in [1.54, 1.807) is 0 Å². The van der Waals surface area contributed by atoms with Gasteiger partial charge in [-0.3, -0.25) is 0 Å². The van der Waals surface area contributed by atoms with Crippen LogP contribution < -0.4 is 0 Å². The summed E-state index contributed by atoms with van der Waals surface area (Å²) >= 11 is 3.08. The van der Waals surface area contributed by atoms with Crippen LogP contribution in [0.1, 0.15) is 37.4 Å². The highest BCUT2D eigenvalue weighted by molar-refractivity contribution is 9.10. The first-order valence-electron chi connectivity index (χ1n) is 6.76. The topological polar surface area (TPSA) is 28.7 Å². The standard InChI is InChI=1S/C14H13BrF4N2/c15-9-5-11-12(6-10(9)16)21-13(20-11)7-2-1-3-8(4-7)14(17,18)19/h5-8H,1-4H2,(H,20,21). The second-order valence-corrected chi connectivity index (χ2v) is 6.36. The molecule has 1 aliphatic carbocycles. The number of alkyl halides is 3. The molecule has 1 N–H and O–H groups in total. The number of nitrogens with one attached hydrogen (secondary N) is 1. The van der Waals surface area contributed by atoms with E-state index in [9.17, 15) is 17.6 Å². The highest BCUT2D eigenvalue weighted by atomic mass is 79.9. The summed E-state index contributed by atoms with van der Waals surface area (Å²) in [5, 5.41) is 0. The SMILES string of the molecule is Fc1cc2[nH]c(C3CCCC(C(F)(F)F)C3)nc2cc1Br. The summed E-state index contributed by atoms with van der Waals surface area (Å²) in [6, 6.07) is 2.84. The summed E-state index contributed by atoms with van der Waals surface area (Å²) in [4.78, 5) is 7.30. The van der Waals surface area contributed by atoms with Crippen LogP contribution in [-0.4, -0.2) is 16.1 Å². The molecule has 21 heavy (non-hydrogen) atoms. The van der Waals surface area contributed by atoms with E-state index in [4.69, 9.17) is 0 Å². The number of hydrogen-bond acceptors (Lipinski definition) is 1. The minimum atomic E-state index is -4.15. The van der Waals surface area contributed by atoms with E-state index in [2.05, 4.69) is 25.9 Å². The fraction of sp³-hybridized carbons (Fsp3) is 0.500. The van der Waals surface area contributed by atoms with E-state index >= 15 is 0 Å². The molecule has 2 atom stereocenters. The molecule has 3 rings (SSSR count). The molecular formula is C14H13BrF4N2. The zero-order valence-electron chi connectivity index (χ0n) is 11.0. The van der Waals surface area contributed by atoms with Gasteiger partial charge in [-0.25, -0.2) is 9.37 Å². The number of fused-ring (bicyclic) bond motifs is 1. The Hall–Kier alpha value is -1.11. The molecule has 0 bridgehead atoms. The molecular weight excluding hydrogens is 352 g/mol. The fourth-order valence-corrected chi connectivity index (χ4v) is 3.28. The Kier molecular flexibility index (Phi) is 3.71. The summed E-state index contributed by atoms with van der Waals surface area (Å²) in [6.45, 7) is 0. The zero-order chi connectivity index (χ0) is 15.2. The lowest BCUT2D eigenvalue weighted by Crippen LogP contribution is -2.28. The third-order valence-corrected chi connectivity index (χ3v) is 4.67. The fourth-order valence-electron chi connectivity index (χ4n) is 2.95. The van der Waals surface area contributed by atoms with Crippen molar-refractivity contribution < 1.29 is 17.6 Å². The summed E-state index contributed by atoms with van der Waals surface area (Å²) in [5.74, 6) is -1.42. The van der Waals surface area contributed by atoms with Gasteiger partial charge >= 0.3 is 6.18 Å². The molecule has 114 valence electrons. The van der Waals surface area contributed by atoms with Gasteiger partial charge in [0, 0.05) is 12.0 Å². The predicted octanol–water partition coefficient (Wildman–Crippen LogP) is 5.30. The van der Waals surface area contributed by atoms with E-state index in [-0.39, 0.29) is 18.8 Å². The first kappa shape index (κ1) is 14.8. The molecule has 2 aromatic rings. The molecule has 1 heterocycles. The maximum atomic E-state index is 13.5. The summed E-state index contributed by atoms with van der Waals surface area (Å²) in [5.41, 5.74) is 1.08. The monoisotopic (exact) mass is 364 g/mol. The molecule has 0 saturated heterocycles. The average Bonchev–Trinajstić information content (AvgIpc) is 2.81. The van der Waals surface area contributed by atoms with Gasteiger partial charge in [0.2, 0.25) is 0 Å². The van der Waals surface area contributed by atoms with Gasteiger partial charge in [0.1, 0.15) is 11.6 Å². The Labute approximate surface area is 127 Å². The lowest BCUT2D eigenvalue weighted by atomic mass is 9.80. The highest BCUT2D eigenvalue weighted by Crippen LogP contribution is 2.43. The molecule has 1 aromatic heterocycles. The van der Waals surface area contributed by atoms with E-state index < -0.39 is 17.9 Å². The van der Waals surface area contributed by atoms with Gasteiger partial charge in [-0.05, 0) is 41.3 Å². The minimum Gasteiger partial charge on any atom is -0.342 e. The van der Waals surface area contributed by atoms with Gasteiger partial charge in [-0.2, -0.15) is 13.2 Å². The summed E-state index contributed by atoms with van der Waals surface area (Å²) in [7, 11) is 0. The second kappa shape index (κ2) is 5.26. The molecule has 0 amide bonds. The lowest BCUT2D eigenvalue weighted by molar-refractivity contribution is -0.183. The maximum absolute atomic E-state index is 13.5. The van der Waals surface area contributed by atoms with Crippen molar-refractivity contribution in [3.05, 3.63) is 28.2 Å². The van der Waals surface area contributed by atoms with Crippen molar-refractivity contribution in [3.8, 4) is 0 Å². The first-order valence-corrected chi connectivity index (χ1v) is 7.55. The van der Waals surface area contributed by atoms with Crippen LogP contribution in [0.3, 0.4) is 0 Å². The Balaban J connectivity index is 1.89. The smallest absolute Gasteiger partial charge is 0.342 e. The van der Waals surface area contributed by atoms with Crippen molar-refractivity contribution >= 4 is 27.0 Å². The number of nitrogens with zero attached hydrogens (tertiary/aromatic N) is 1. The van der Waals surface area contributed by atoms with Crippen LogP contribution in [0.15, 0.2) is 16.6 Å². The number of imidazole rings is 1. The molecule has 1 aliphatic rings. The van der Waals surface area contributed by atoms with Gasteiger partial charge in [0.05, 0.1) is 21.4 Å². The van der Waals surface area contributed by atoms with Crippen molar-refractivity contribution in [3.63, 3.8) is 0 Å². The number of benzene rings is 1. The second-order valence-electron chi connectivity index (χ2n) is 5.51. The van der Waals surface area contributed by atoms with Crippen molar-refractivity contribution in [1.29, 1.82) is 0 Å². The van der Waals surface area contributed by atoms with Crippen LogP contribution in [0.5, 0.6) is 0 Å². The highest BCUT2D eigenvalue weighted by Gasteiger charge is 2.42. The molecule has 0 radical (unpaired) electrons. The molecule has 1 fully saturated rings. The van der Waals surface area contributed by atoms with Crippen LogP contribution in [0.2, 0.25) is 0 Å². The summed E-state index contributed by atoms with van der Waals surface area (Å²) < 4.78 is 52.3. The third-order valence-electron chi connectivity index (χ3n) is 4.07. The van der Waals surface area contributed by atoms with Crippen LogP contribution in [0.4, 0.5) is 17.6 Å². The van der Waals surface area contributed by atoms with Gasteiger partial charge in [-0.1, -0.05) is 6.42 Å². The number of halogens is 5. The van der Waals surface area contributed by atoms with Gasteiger partial charge in [-0.15, -0.1) is 0 Å². The Bertz CT molecular complexity index is 626. The van der Waals surface area contributed by atoms with Crippen LogP contribution in [0, 0.1) is 11.7 Å². The number of H-pyrrole nitrogens is 1. The Morgan fingerprint density at radius 2 is 2.00 bits per heavy atom. The average molecular weight is 365 g/mol. The normalized spacial score (nSPS) is 23.7. The molecule has 0 aliphatic heterocycles. The van der Waals surface area contributed by atoms with Gasteiger partial charge < -0.3 is 4.98 Å². The Morgan fingerprint density at radius 1 is 1.24 bits per heavy atom. The first-order chi connectivity index (χ1) is 9.84. The van der Waals surface area contributed by atoms with Gasteiger partial charge in [0.15, 0.2) is 0 Å². The summed E-state index contributed by atoms with van der Waals surface area (Å²) in [6.07, 6.45) is -2.72. The minimum absolute atomic E-state index is 0.0486. The predicted molar refractivity (Wildman–Crippen MR) is 74.5 cm³/mol. The van der Waals surface area contributed by atoms with Crippen molar-refractivity contribution in [2.45, 2.75) is 37.8 Å². The van der Waals surface area contributed by atoms with Crippen LogP contribution in [-0.2, 0) is 0 Å². The lowest BCUT2D eigenvalue weighted by Gasteiger charge is -2.29. The van der Waals surface area contributed by atoms with Crippen LogP contribution in [0.25, 0.3) is 11.0 Å². The van der Waals surface area contributed by atoms with E-state index in [1.165, 1.54) is 12.1 Å². The van der Waals surface area contributed by atoms with E-state index in [1.807, 2.05) is 0 Å². The molecule has 7 heteroatoms. The molecule has 1 saturated carbocycles. The zero-order valence-corrected chi connectivity index (χ0v) is 12.6. The van der Waals surface area contributed by atoms with Crippen molar-refractivity contribution in [2.75, 3.05) is 0 Å². The van der Waals surface area contributed by atoms with E-state index in [0.717, 1.165) is 0 Å². The molecule has 2 nitrogen and oxygen atoms in total. The number of aromatic nitrogens is 2. The van der Waals surface area contributed by atoms with E-state index in [0.29, 0.717) is 34.2 Å². The van der Waals surface area contributed by atoms with Crippen molar-refractivity contribution in [2.24, 2.45) is 5.92 Å². The quantitative estimate of drug-likeness (QED) is 0.683. The molecule has 1 aromatic carbocycles. The molecule has 0 spiro atoms. The maximum Gasteiger partial charge on any atom is 0.391 e. The third kappa shape index (κ3) is 2.93. The largest absolute Gasteiger partial charge is 0.391 e. The number of rotatable bonds is 1. The van der Waals surface area contributed by atoms with Crippen LogP contribution >= 0.6 is 15.9 Å². The van der Waals surface area contributed by atoms with Crippen molar-refractivity contribution in [1.82, 2.24) is 9.97 Å².